The van der Waals surface area contributed by atoms with E-state index in [9.17, 15) is 14.7 Å². The quantitative estimate of drug-likeness (QED) is 0.879. The van der Waals surface area contributed by atoms with Crippen molar-refractivity contribution in [3.63, 3.8) is 0 Å². The number of carboxylic acids is 1. The Labute approximate surface area is 151 Å². The first-order valence-corrected chi connectivity index (χ1v) is 8.63. The maximum absolute atomic E-state index is 12.7. The van der Waals surface area contributed by atoms with E-state index in [2.05, 4.69) is 15.4 Å². The van der Waals surface area contributed by atoms with Crippen LogP contribution < -0.4 is 5.32 Å². The molecule has 2 atom stereocenters. The van der Waals surface area contributed by atoms with E-state index in [-0.39, 0.29) is 18.5 Å². The van der Waals surface area contributed by atoms with Crippen molar-refractivity contribution in [3.8, 4) is 5.69 Å². The number of anilines is 1. The van der Waals surface area contributed by atoms with Gasteiger partial charge in [-0.3, -0.25) is 4.79 Å². The van der Waals surface area contributed by atoms with Gasteiger partial charge in [-0.05, 0) is 38.3 Å². The van der Waals surface area contributed by atoms with Crippen LogP contribution in [0.25, 0.3) is 5.69 Å². The number of likely N-dealkylation sites (tertiary alicyclic amines) is 1. The van der Waals surface area contributed by atoms with Crippen molar-refractivity contribution in [3.05, 3.63) is 35.9 Å². The predicted octanol–water partition coefficient (Wildman–Crippen LogP) is 2.46. The topological polar surface area (TPSA) is 100 Å². The molecule has 2 unspecified atom stereocenters. The first kappa shape index (κ1) is 17.9. The average Bonchev–Trinajstić information content (AvgIpc) is 2.93. The average molecular weight is 357 g/mol. The lowest BCUT2D eigenvalue weighted by atomic mass is 9.91. The third-order valence-electron chi connectivity index (χ3n) is 4.54. The van der Waals surface area contributed by atoms with Gasteiger partial charge in [0.15, 0.2) is 0 Å². The van der Waals surface area contributed by atoms with Gasteiger partial charge >= 0.3 is 12.0 Å². The van der Waals surface area contributed by atoms with Crippen LogP contribution >= 0.6 is 0 Å². The van der Waals surface area contributed by atoms with Crippen molar-refractivity contribution in [2.75, 3.05) is 18.4 Å². The van der Waals surface area contributed by atoms with Gasteiger partial charge in [0, 0.05) is 13.1 Å². The Morgan fingerprint density at radius 3 is 2.62 bits per heavy atom. The summed E-state index contributed by atoms with van der Waals surface area (Å²) in [5.41, 5.74) is 1.33. The molecule has 26 heavy (non-hydrogen) atoms. The number of aromatic nitrogens is 3. The Morgan fingerprint density at radius 2 is 1.96 bits per heavy atom. The maximum Gasteiger partial charge on any atom is 0.321 e. The third kappa shape index (κ3) is 3.68. The van der Waals surface area contributed by atoms with Crippen LogP contribution in [-0.4, -0.2) is 49.9 Å². The zero-order valence-electron chi connectivity index (χ0n) is 15.1. The second kappa shape index (κ2) is 7.15. The fourth-order valence-electron chi connectivity index (χ4n) is 3.40. The van der Waals surface area contributed by atoms with Gasteiger partial charge in [-0.25, -0.2) is 14.5 Å². The van der Waals surface area contributed by atoms with Crippen LogP contribution in [0.3, 0.4) is 0 Å². The Balaban J connectivity index is 1.82. The second-order valence-corrected chi connectivity index (χ2v) is 6.85. The maximum atomic E-state index is 12.7. The molecule has 2 aromatic rings. The number of para-hydroxylation sites is 2. The summed E-state index contributed by atoms with van der Waals surface area (Å²) < 4.78 is 1.68. The molecule has 2 heterocycles. The van der Waals surface area contributed by atoms with E-state index in [0.717, 1.165) is 11.5 Å². The molecule has 2 N–H and O–H groups in total. The molecule has 3 rings (SSSR count). The SMILES string of the molecule is Cc1nc(C)n(-c2ccccc2NC(=O)N2CC(C)CC(C(=O)O)C2)n1. The number of aliphatic carboxylic acids is 1. The number of hydrogen-bond donors (Lipinski definition) is 2. The lowest BCUT2D eigenvalue weighted by molar-refractivity contribution is -0.143. The number of piperidine rings is 1. The summed E-state index contributed by atoms with van der Waals surface area (Å²) in [4.78, 5) is 29.9. The van der Waals surface area contributed by atoms with Gasteiger partial charge in [0.2, 0.25) is 0 Å². The van der Waals surface area contributed by atoms with E-state index >= 15 is 0 Å². The molecule has 1 aromatic carbocycles. The number of amides is 2. The Kier molecular flexibility index (Phi) is 4.92. The molecule has 0 aliphatic carbocycles. The van der Waals surface area contributed by atoms with Gasteiger partial charge in [0.05, 0.1) is 17.3 Å². The molecular weight excluding hydrogens is 334 g/mol. The fourth-order valence-corrected chi connectivity index (χ4v) is 3.40. The van der Waals surface area contributed by atoms with Crippen LogP contribution in [0.4, 0.5) is 10.5 Å². The van der Waals surface area contributed by atoms with E-state index in [1.54, 1.807) is 15.6 Å². The van der Waals surface area contributed by atoms with Crippen LogP contribution in [0.15, 0.2) is 24.3 Å². The van der Waals surface area contributed by atoms with Gasteiger partial charge in [-0.1, -0.05) is 19.1 Å². The zero-order valence-corrected chi connectivity index (χ0v) is 15.1. The Bertz CT molecular complexity index is 832. The monoisotopic (exact) mass is 357 g/mol. The van der Waals surface area contributed by atoms with Crippen molar-refractivity contribution < 1.29 is 14.7 Å². The van der Waals surface area contributed by atoms with Crippen LogP contribution in [0.1, 0.15) is 25.0 Å². The molecule has 138 valence electrons. The smallest absolute Gasteiger partial charge is 0.321 e. The van der Waals surface area contributed by atoms with Gasteiger partial charge in [-0.2, -0.15) is 5.10 Å². The largest absolute Gasteiger partial charge is 0.481 e. The molecule has 1 aliphatic rings. The Morgan fingerprint density at radius 1 is 1.23 bits per heavy atom. The first-order chi connectivity index (χ1) is 12.3. The van der Waals surface area contributed by atoms with E-state index in [0.29, 0.717) is 24.5 Å². The fraction of sp³-hybridized carbons (Fsp3) is 0.444. The van der Waals surface area contributed by atoms with Crippen molar-refractivity contribution in [1.82, 2.24) is 19.7 Å². The summed E-state index contributed by atoms with van der Waals surface area (Å²) in [6.07, 6.45) is 0.590. The van der Waals surface area contributed by atoms with Gasteiger partial charge in [0.1, 0.15) is 11.6 Å². The second-order valence-electron chi connectivity index (χ2n) is 6.85. The highest BCUT2D eigenvalue weighted by Gasteiger charge is 2.32. The normalized spacial score (nSPS) is 20.0. The first-order valence-electron chi connectivity index (χ1n) is 8.63. The molecule has 1 saturated heterocycles. The molecule has 8 heteroatoms. The van der Waals surface area contributed by atoms with Crippen molar-refractivity contribution in [2.45, 2.75) is 27.2 Å². The lowest BCUT2D eigenvalue weighted by Crippen LogP contribution is -2.47. The molecule has 8 nitrogen and oxygen atoms in total. The van der Waals surface area contributed by atoms with E-state index in [1.165, 1.54) is 0 Å². The number of carbonyl (C=O) groups is 2. The van der Waals surface area contributed by atoms with Gasteiger partial charge in [-0.15, -0.1) is 0 Å². The number of rotatable bonds is 3. The van der Waals surface area contributed by atoms with Crippen molar-refractivity contribution in [2.24, 2.45) is 11.8 Å². The van der Waals surface area contributed by atoms with Crippen LogP contribution in [0, 0.1) is 25.7 Å². The number of hydrogen-bond acceptors (Lipinski definition) is 4. The Hall–Kier alpha value is -2.90. The number of carbonyl (C=O) groups excluding carboxylic acids is 1. The highest BCUT2D eigenvalue weighted by atomic mass is 16.4. The molecule has 0 bridgehead atoms. The van der Waals surface area contributed by atoms with E-state index in [1.807, 2.05) is 39.0 Å². The molecular formula is C18H23N5O3. The van der Waals surface area contributed by atoms with E-state index in [4.69, 9.17) is 0 Å². The van der Waals surface area contributed by atoms with Crippen molar-refractivity contribution in [1.29, 1.82) is 0 Å². The van der Waals surface area contributed by atoms with E-state index < -0.39 is 11.9 Å². The number of benzene rings is 1. The molecule has 1 aliphatic heterocycles. The minimum atomic E-state index is -0.858. The molecule has 0 saturated carbocycles. The van der Waals surface area contributed by atoms with Crippen molar-refractivity contribution >= 4 is 17.7 Å². The number of urea groups is 1. The predicted molar refractivity (Wildman–Crippen MR) is 96.3 cm³/mol. The van der Waals surface area contributed by atoms with Crippen LogP contribution in [0.2, 0.25) is 0 Å². The minimum absolute atomic E-state index is 0.144. The van der Waals surface area contributed by atoms with Crippen LogP contribution in [0.5, 0.6) is 0 Å². The number of nitrogens with zero attached hydrogens (tertiary/aromatic N) is 4. The standard InChI is InChI=1S/C18H23N5O3/c1-11-8-14(17(24)25)10-22(9-11)18(26)20-15-6-4-5-7-16(15)23-13(3)19-12(2)21-23/h4-7,11,14H,8-10H2,1-3H3,(H,20,26)(H,24,25). The van der Waals surface area contributed by atoms with Gasteiger partial charge < -0.3 is 15.3 Å². The molecule has 2 amide bonds. The molecule has 0 spiro atoms. The molecule has 1 fully saturated rings. The molecule has 1 aromatic heterocycles. The zero-order chi connectivity index (χ0) is 18.8. The summed E-state index contributed by atoms with van der Waals surface area (Å²) in [5.74, 6) is 0.133. The summed E-state index contributed by atoms with van der Waals surface area (Å²) in [5, 5.41) is 16.6. The number of aryl methyl sites for hydroxylation is 2. The highest BCUT2D eigenvalue weighted by Crippen LogP contribution is 2.24. The summed E-state index contributed by atoms with van der Waals surface area (Å²) in [6.45, 7) is 6.38. The minimum Gasteiger partial charge on any atom is -0.481 e. The van der Waals surface area contributed by atoms with Crippen LogP contribution in [-0.2, 0) is 4.79 Å². The molecule has 0 radical (unpaired) electrons. The third-order valence-corrected chi connectivity index (χ3v) is 4.54. The number of carboxylic acid groups (broad SMARTS) is 1. The summed E-state index contributed by atoms with van der Waals surface area (Å²) in [6, 6.07) is 7.05. The summed E-state index contributed by atoms with van der Waals surface area (Å²) >= 11 is 0. The lowest BCUT2D eigenvalue weighted by Gasteiger charge is -2.34. The number of nitrogens with one attached hydrogen (secondary N) is 1. The summed E-state index contributed by atoms with van der Waals surface area (Å²) in [7, 11) is 0. The van der Waals surface area contributed by atoms with Gasteiger partial charge in [0.25, 0.3) is 0 Å². The highest BCUT2D eigenvalue weighted by molar-refractivity contribution is 5.92.